The lowest BCUT2D eigenvalue weighted by molar-refractivity contribution is 0.277. The van der Waals surface area contributed by atoms with E-state index < -0.39 is 0 Å². The van der Waals surface area contributed by atoms with Crippen molar-refractivity contribution in [3.05, 3.63) is 84.9 Å². The van der Waals surface area contributed by atoms with Gasteiger partial charge in [-0.1, -0.05) is 456 Å². The normalized spacial score (nSPS) is 20.0. The first-order valence-corrected chi connectivity index (χ1v) is 32.8. The monoisotopic (exact) mass is 1220 g/mol. The van der Waals surface area contributed by atoms with Gasteiger partial charge in [0.25, 0.3) is 0 Å². The fraction of sp³-hybridized carbons (Fsp3) is 0.807. The van der Waals surface area contributed by atoms with E-state index in [1.807, 2.05) is 36.4 Å². The minimum absolute atomic E-state index is 0. The summed E-state index contributed by atoms with van der Waals surface area (Å²) in [6.45, 7) is 52.5. The Morgan fingerprint density at radius 1 is 0.182 bits per heavy atom. The van der Waals surface area contributed by atoms with Crippen molar-refractivity contribution in [2.24, 2.45) is 68.0 Å². The van der Waals surface area contributed by atoms with Gasteiger partial charge in [-0.3, -0.25) is 0 Å². The molecule has 7 fully saturated rings. The summed E-state index contributed by atoms with van der Waals surface area (Å²) in [5.74, 6) is 7.01. The van der Waals surface area contributed by atoms with Crippen molar-refractivity contribution in [1.29, 1.82) is 0 Å². The SMILES string of the molecule is C.C.C.C.C.C.C1CC2CCCC2C1.C1CCC2CCCC2C1.C1CCC2CCCC2C1.C1CCCC1.CC(C)(C)C.CC(C)(C)C.CC(C)(C)C.CC(C)(C)C.CC(C)(C)C.CC(C)(C)C.[B].[B].[B].[B].[B].c1ccc2ccccc2c1.c1ccccc1. The summed E-state index contributed by atoms with van der Waals surface area (Å²) in [4.78, 5) is 0. The van der Waals surface area contributed by atoms with E-state index >= 15 is 0 Å². The van der Waals surface area contributed by atoms with Crippen molar-refractivity contribution in [2.45, 2.75) is 371 Å². The molecule has 0 aliphatic heterocycles. The highest BCUT2D eigenvalue weighted by atomic mass is 14.4. The van der Waals surface area contributed by atoms with Gasteiger partial charge in [0.1, 0.15) is 0 Å². The maximum atomic E-state index is 2.19. The zero-order valence-corrected chi connectivity index (χ0v) is 60.1. The molecule has 4 unspecified atom stereocenters. The largest absolute Gasteiger partial charge is 0.0776 e. The van der Waals surface area contributed by atoms with Gasteiger partial charge in [-0.05, 0) is 78.8 Å². The molecule has 7 aliphatic carbocycles. The third-order valence-electron chi connectivity index (χ3n) is 13.0. The van der Waals surface area contributed by atoms with E-state index in [2.05, 4.69) is 215 Å². The fourth-order valence-corrected chi connectivity index (χ4v) is 10.3. The van der Waals surface area contributed by atoms with E-state index in [4.69, 9.17) is 0 Å². The quantitative estimate of drug-likeness (QED) is 0.197. The Kier molecular flexibility index (Phi) is 84.9. The Balaban J connectivity index is -0.0000000634. The standard InChI is InChI=1S/C10H8.2C9H16.C8H14.C6H6.C5H10.6C5H12.6CH4.5B/c1-2-6-10-8-4-3-7-9(10)5-1;2*1-2-5-9-7-3-6-8(9)4-1;1-3-7-5-2-6-8(7)4-1;1-2-4-6-5-3-1;1-2-4-5-3-1;6*1-5(2,3)4;;;;;;;;;;;/h1-8H;2*8-9H,1-7H2;7-8H,1-6H2;1-6H;1-5H2;6*1-4H3;6*1H4;;;;;. The summed E-state index contributed by atoms with van der Waals surface area (Å²) in [5, 5.41) is 2.62. The Bertz CT molecular complexity index is 1440. The first-order chi connectivity index (χ1) is 35.4. The maximum absolute atomic E-state index is 2.19. The summed E-state index contributed by atoms with van der Waals surface area (Å²) in [7, 11) is 0. The van der Waals surface area contributed by atoms with Gasteiger partial charge < -0.3 is 0 Å². The predicted molar refractivity (Wildman–Crippen MR) is 427 cm³/mol. The lowest BCUT2D eigenvalue weighted by Crippen LogP contribution is -2.12. The predicted octanol–water partition coefficient (Wildman–Crippen LogP) is 29.2. The molecule has 0 bridgehead atoms. The van der Waals surface area contributed by atoms with E-state index in [0.717, 1.165) is 0 Å². The molecular formula is C83H166B5. The van der Waals surface area contributed by atoms with E-state index in [9.17, 15) is 0 Å². The van der Waals surface area contributed by atoms with Gasteiger partial charge in [0, 0.05) is 42.1 Å². The average Bonchev–Trinajstić information content (AvgIpc) is 4.15. The second-order valence-corrected chi connectivity index (χ2v) is 34.1. The minimum Gasteiger partial charge on any atom is -0.0776 e. The van der Waals surface area contributed by atoms with Crippen molar-refractivity contribution in [3.63, 3.8) is 0 Å². The molecule has 0 amide bonds. The van der Waals surface area contributed by atoms with E-state index in [1.54, 1.807) is 77.0 Å². The van der Waals surface area contributed by atoms with Crippen LogP contribution in [0, 0.1) is 68.0 Å². The molecule has 10 rings (SSSR count). The van der Waals surface area contributed by atoms with Crippen LogP contribution in [0.2, 0.25) is 0 Å². The molecule has 5 heteroatoms. The number of rotatable bonds is 0. The van der Waals surface area contributed by atoms with Gasteiger partial charge in [-0.25, -0.2) is 0 Å². The summed E-state index contributed by atoms with van der Waals surface area (Å²) in [6.07, 6.45) is 38.5. The van der Waals surface area contributed by atoms with Crippen LogP contribution in [0.3, 0.4) is 0 Å². The van der Waals surface area contributed by atoms with Gasteiger partial charge in [0.2, 0.25) is 0 Å². The summed E-state index contributed by atoms with van der Waals surface area (Å²) in [6, 6.07) is 28.7. The van der Waals surface area contributed by atoms with Crippen LogP contribution in [-0.2, 0) is 0 Å². The molecule has 88 heavy (non-hydrogen) atoms. The molecule has 7 saturated carbocycles. The minimum atomic E-state index is 0. The zero-order valence-electron chi connectivity index (χ0n) is 60.1. The molecule has 0 saturated heterocycles. The van der Waals surface area contributed by atoms with E-state index in [0.29, 0.717) is 32.5 Å². The molecule has 513 valence electrons. The number of fused-ring (bicyclic) bond motifs is 4. The molecule has 0 nitrogen and oxygen atoms in total. The number of benzene rings is 3. The maximum Gasteiger partial charge on any atom is 0 e. The third kappa shape index (κ3) is 97.8. The van der Waals surface area contributed by atoms with Gasteiger partial charge in [0.15, 0.2) is 0 Å². The molecule has 4 atom stereocenters. The molecule has 0 heterocycles. The first-order valence-electron chi connectivity index (χ1n) is 32.8. The van der Waals surface area contributed by atoms with Crippen LogP contribution >= 0.6 is 0 Å². The van der Waals surface area contributed by atoms with Crippen LogP contribution < -0.4 is 0 Å². The topological polar surface area (TPSA) is 0 Å². The average molecular weight is 1220 g/mol. The summed E-state index contributed by atoms with van der Waals surface area (Å²) < 4.78 is 0. The molecule has 0 spiro atoms. The van der Waals surface area contributed by atoms with Crippen LogP contribution in [0.4, 0.5) is 0 Å². The van der Waals surface area contributed by atoms with Gasteiger partial charge in [0.05, 0.1) is 0 Å². The number of hydrogen-bond donors (Lipinski definition) is 0. The summed E-state index contributed by atoms with van der Waals surface area (Å²) in [5.41, 5.74) is 3.00. The van der Waals surface area contributed by atoms with Crippen molar-refractivity contribution in [1.82, 2.24) is 0 Å². The third-order valence-corrected chi connectivity index (χ3v) is 13.0. The van der Waals surface area contributed by atoms with Crippen molar-refractivity contribution in [3.8, 4) is 0 Å². The molecule has 0 aromatic heterocycles. The highest BCUT2D eigenvalue weighted by molar-refractivity contribution is 5.82. The molecule has 7 aliphatic rings. The Labute approximate surface area is 573 Å². The van der Waals surface area contributed by atoms with Gasteiger partial charge >= 0.3 is 0 Å². The Morgan fingerprint density at radius 2 is 0.284 bits per heavy atom. The molecule has 15 radical (unpaired) electrons. The highest BCUT2D eigenvalue weighted by Gasteiger charge is 2.31. The fourth-order valence-electron chi connectivity index (χ4n) is 10.3. The molecule has 3 aromatic rings. The molecule has 3 aromatic carbocycles. The van der Waals surface area contributed by atoms with E-state index in [1.165, 1.54) is 130 Å². The number of hydrogen-bond acceptors (Lipinski definition) is 0. The van der Waals surface area contributed by atoms with Crippen LogP contribution in [0.5, 0.6) is 0 Å². The van der Waals surface area contributed by atoms with Crippen molar-refractivity contribution in [2.75, 3.05) is 0 Å². The summed E-state index contributed by atoms with van der Waals surface area (Å²) >= 11 is 0. The Hall–Kier alpha value is -1.76. The van der Waals surface area contributed by atoms with Crippen molar-refractivity contribution >= 4 is 52.8 Å². The highest BCUT2D eigenvalue weighted by Crippen LogP contribution is 2.44. The van der Waals surface area contributed by atoms with E-state index in [-0.39, 0.29) is 86.6 Å². The first kappa shape index (κ1) is 117. The molecule has 0 N–H and O–H groups in total. The lowest BCUT2D eigenvalue weighted by Gasteiger charge is -2.24. The van der Waals surface area contributed by atoms with Crippen LogP contribution in [0.1, 0.15) is 371 Å². The van der Waals surface area contributed by atoms with Gasteiger partial charge in [-0.15, -0.1) is 0 Å². The zero-order chi connectivity index (χ0) is 59.2. The second kappa shape index (κ2) is 64.0. The second-order valence-electron chi connectivity index (χ2n) is 34.1. The van der Waals surface area contributed by atoms with Crippen molar-refractivity contribution < 1.29 is 0 Å². The molecular weight excluding hydrogens is 1050 g/mol. The van der Waals surface area contributed by atoms with Crippen LogP contribution in [0.25, 0.3) is 10.8 Å². The van der Waals surface area contributed by atoms with Crippen LogP contribution in [0.15, 0.2) is 84.9 Å². The lowest BCUT2D eigenvalue weighted by atomic mass is 9.82. The van der Waals surface area contributed by atoms with Crippen LogP contribution in [-0.4, -0.2) is 42.1 Å². The smallest absolute Gasteiger partial charge is 0 e. The van der Waals surface area contributed by atoms with Gasteiger partial charge in [-0.2, -0.15) is 0 Å². The Morgan fingerprint density at radius 3 is 0.398 bits per heavy atom.